The third-order valence-electron chi connectivity index (χ3n) is 3.62. The monoisotopic (exact) mass is 219 g/mol. The standard InChI is InChI=1S/C16H13N/c1-2-9-14-12(7-1)13-8-3-5-11-6-4-10-15(17-14)16(11)13/h3-10,17H,1-2H2. The molecule has 0 aromatic heterocycles. The molecule has 0 atom stereocenters. The molecule has 4 rings (SSSR count). The Kier molecular flexibility index (Phi) is 1.72. The van der Waals surface area contributed by atoms with Crippen LogP contribution in [0, 0.1) is 0 Å². The van der Waals surface area contributed by atoms with Crippen molar-refractivity contribution in [2.24, 2.45) is 0 Å². The highest BCUT2D eigenvalue weighted by Crippen LogP contribution is 2.41. The van der Waals surface area contributed by atoms with Gasteiger partial charge in [0, 0.05) is 22.3 Å². The predicted molar refractivity (Wildman–Crippen MR) is 72.9 cm³/mol. The summed E-state index contributed by atoms with van der Waals surface area (Å²) in [5.41, 5.74) is 5.27. The summed E-state index contributed by atoms with van der Waals surface area (Å²) < 4.78 is 0. The van der Waals surface area contributed by atoms with E-state index in [-0.39, 0.29) is 0 Å². The van der Waals surface area contributed by atoms with Gasteiger partial charge in [0.05, 0.1) is 0 Å². The second-order valence-electron chi connectivity index (χ2n) is 4.65. The molecule has 0 unspecified atom stereocenters. The van der Waals surface area contributed by atoms with Gasteiger partial charge in [-0.3, -0.25) is 0 Å². The largest absolute Gasteiger partial charge is 0.355 e. The van der Waals surface area contributed by atoms with E-state index >= 15 is 0 Å². The van der Waals surface area contributed by atoms with Crippen molar-refractivity contribution >= 4 is 22.0 Å². The Labute approximate surface area is 100 Å². The number of hydrogen-bond acceptors (Lipinski definition) is 1. The molecule has 0 saturated carbocycles. The van der Waals surface area contributed by atoms with Gasteiger partial charge in [-0.2, -0.15) is 0 Å². The molecule has 1 heteroatoms. The van der Waals surface area contributed by atoms with Gasteiger partial charge in [0.25, 0.3) is 0 Å². The lowest BCUT2D eigenvalue weighted by atomic mass is 9.88. The highest BCUT2D eigenvalue weighted by atomic mass is 14.9. The average molecular weight is 219 g/mol. The van der Waals surface area contributed by atoms with Crippen LogP contribution in [-0.4, -0.2) is 0 Å². The zero-order valence-electron chi connectivity index (χ0n) is 9.53. The van der Waals surface area contributed by atoms with Crippen LogP contribution in [0.3, 0.4) is 0 Å². The molecule has 1 N–H and O–H groups in total. The quantitative estimate of drug-likeness (QED) is 0.695. The maximum Gasteiger partial charge on any atom is 0.0470 e. The first-order chi connectivity index (χ1) is 8.43. The molecule has 82 valence electrons. The molecule has 0 amide bonds. The van der Waals surface area contributed by atoms with E-state index < -0.39 is 0 Å². The molecule has 1 nitrogen and oxygen atoms in total. The molecule has 0 saturated heterocycles. The lowest BCUT2D eigenvalue weighted by Crippen LogP contribution is -2.10. The molecule has 2 aliphatic rings. The van der Waals surface area contributed by atoms with Gasteiger partial charge in [-0.15, -0.1) is 0 Å². The summed E-state index contributed by atoms with van der Waals surface area (Å²) in [6.07, 6.45) is 6.96. The van der Waals surface area contributed by atoms with Gasteiger partial charge in [0.15, 0.2) is 0 Å². The molecule has 2 aromatic carbocycles. The summed E-state index contributed by atoms with van der Waals surface area (Å²) in [5, 5.41) is 6.24. The highest BCUT2D eigenvalue weighted by molar-refractivity contribution is 6.09. The number of benzene rings is 2. The topological polar surface area (TPSA) is 12.0 Å². The molecular formula is C16H13N. The number of hydrogen-bond donors (Lipinski definition) is 1. The summed E-state index contributed by atoms with van der Waals surface area (Å²) >= 11 is 0. The van der Waals surface area contributed by atoms with Gasteiger partial charge < -0.3 is 5.32 Å². The van der Waals surface area contributed by atoms with E-state index in [4.69, 9.17) is 0 Å². The van der Waals surface area contributed by atoms with Crippen molar-refractivity contribution in [1.82, 2.24) is 0 Å². The SMILES string of the molecule is C1=C2Nc3cccc4cccc(c34)C2=CCC1. The lowest BCUT2D eigenvalue weighted by Gasteiger charge is -2.26. The Balaban J connectivity index is 2.14. The summed E-state index contributed by atoms with van der Waals surface area (Å²) in [6.45, 7) is 0. The van der Waals surface area contributed by atoms with Gasteiger partial charge in [-0.05, 0) is 29.9 Å². The van der Waals surface area contributed by atoms with Gasteiger partial charge in [-0.25, -0.2) is 0 Å². The van der Waals surface area contributed by atoms with Crippen LogP contribution >= 0.6 is 0 Å². The third-order valence-corrected chi connectivity index (χ3v) is 3.62. The van der Waals surface area contributed by atoms with Crippen LogP contribution in [0.4, 0.5) is 5.69 Å². The Morgan fingerprint density at radius 2 is 1.71 bits per heavy atom. The minimum atomic E-state index is 1.14. The first-order valence-corrected chi connectivity index (χ1v) is 6.13. The Morgan fingerprint density at radius 1 is 0.882 bits per heavy atom. The van der Waals surface area contributed by atoms with Gasteiger partial charge in [0.1, 0.15) is 0 Å². The number of fused-ring (bicyclic) bond motifs is 2. The molecule has 0 radical (unpaired) electrons. The molecular weight excluding hydrogens is 206 g/mol. The van der Waals surface area contributed by atoms with Gasteiger partial charge in [-0.1, -0.05) is 42.5 Å². The highest BCUT2D eigenvalue weighted by Gasteiger charge is 2.20. The summed E-state index contributed by atoms with van der Waals surface area (Å²) in [5.74, 6) is 0. The van der Waals surface area contributed by atoms with Crippen LogP contribution in [0.25, 0.3) is 16.3 Å². The first kappa shape index (κ1) is 9.06. The van der Waals surface area contributed by atoms with Crippen molar-refractivity contribution < 1.29 is 0 Å². The maximum atomic E-state index is 3.56. The van der Waals surface area contributed by atoms with Crippen LogP contribution in [0.5, 0.6) is 0 Å². The summed E-state index contributed by atoms with van der Waals surface area (Å²) in [7, 11) is 0. The lowest BCUT2D eigenvalue weighted by molar-refractivity contribution is 1.02. The second-order valence-corrected chi connectivity index (χ2v) is 4.65. The van der Waals surface area contributed by atoms with Crippen molar-refractivity contribution in [2.45, 2.75) is 12.8 Å². The number of rotatable bonds is 0. The number of anilines is 1. The van der Waals surface area contributed by atoms with E-state index in [1.54, 1.807) is 0 Å². The molecule has 1 aliphatic heterocycles. The molecule has 0 bridgehead atoms. The smallest absolute Gasteiger partial charge is 0.0470 e. The fourth-order valence-electron chi connectivity index (χ4n) is 2.86. The molecule has 17 heavy (non-hydrogen) atoms. The van der Waals surface area contributed by atoms with E-state index in [2.05, 4.69) is 53.9 Å². The summed E-state index contributed by atoms with van der Waals surface area (Å²) in [4.78, 5) is 0. The maximum absolute atomic E-state index is 3.56. The van der Waals surface area contributed by atoms with E-state index in [1.807, 2.05) is 0 Å². The van der Waals surface area contributed by atoms with Crippen molar-refractivity contribution in [3.05, 3.63) is 59.8 Å². The van der Waals surface area contributed by atoms with Crippen molar-refractivity contribution in [1.29, 1.82) is 0 Å². The predicted octanol–water partition coefficient (Wildman–Crippen LogP) is 4.33. The van der Waals surface area contributed by atoms with Crippen molar-refractivity contribution in [2.75, 3.05) is 5.32 Å². The van der Waals surface area contributed by atoms with Crippen molar-refractivity contribution in [3.63, 3.8) is 0 Å². The molecule has 1 heterocycles. The Morgan fingerprint density at radius 3 is 2.65 bits per heavy atom. The van der Waals surface area contributed by atoms with Gasteiger partial charge in [0.2, 0.25) is 0 Å². The van der Waals surface area contributed by atoms with Gasteiger partial charge >= 0.3 is 0 Å². The van der Waals surface area contributed by atoms with E-state index in [1.165, 1.54) is 33.3 Å². The van der Waals surface area contributed by atoms with Crippen LogP contribution in [-0.2, 0) is 0 Å². The van der Waals surface area contributed by atoms with Crippen LogP contribution in [0.1, 0.15) is 18.4 Å². The Hall–Kier alpha value is -2.02. The van der Waals surface area contributed by atoms with Crippen LogP contribution < -0.4 is 5.32 Å². The minimum absolute atomic E-state index is 1.14. The van der Waals surface area contributed by atoms with E-state index in [0.717, 1.165) is 12.8 Å². The fraction of sp³-hybridized carbons (Fsp3) is 0.125. The van der Waals surface area contributed by atoms with E-state index in [9.17, 15) is 0 Å². The third kappa shape index (κ3) is 1.19. The normalized spacial score (nSPS) is 16.9. The zero-order chi connectivity index (χ0) is 11.2. The number of allylic oxidation sites excluding steroid dienone is 3. The number of nitrogens with one attached hydrogen (secondary N) is 1. The first-order valence-electron chi connectivity index (χ1n) is 6.13. The Bertz CT molecular complexity index is 672. The molecule has 2 aromatic rings. The summed E-state index contributed by atoms with van der Waals surface area (Å²) in [6, 6.07) is 13.0. The van der Waals surface area contributed by atoms with Crippen LogP contribution in [0.15, 0.2) is 54.2 Å². The van der Waals surface area contributed by atoms with Crippen LogP contribution in [0.2, 0.25) is 0 Å². The zero-order valence-corrected chi connectivity index (χ0v) is 9.53. The second kappa shape index (κ2) is 3.24. The molecule has 1 aliphatic carbocycles. The van der Waals surface area contributed by atoms with E-state index in [0.29, 0.717) is 0 Å². The average Bonchev–Trinajstić information content (AvgIpc) is 2.39. The van der Waals surface area contributed by atoms with Crippen molar-refractivity contribution in [3.8, 4) is 0 Å². The minimum Gasteiger partial charge on any atom is -0.355 e. The fourth-order valence-corrected chi connectivity index (χ4v) is 2.86. The molecule has 0 fully saturated rings. The molecule has 0 spiro atoms.